The molecule has 0 spiro atoms. The molecule has 1 amide bonds. The minimum absolute atomic E-state index is 0.0757. The molecule has 1 unspecified atom stereocenters. The lowest BCUT2D eigenvalue weighted by Gasteiger charge is -2.18. The van der Waals surface area contributed by atoms with Crippen molar-refractivity contribution in [3.63, 3.8) is 0 Å². The lowest BCUT2D eigenvalue weighted by atomic mass is 9.90. The van der Waals surface area contributed by atoms with Gasteiger partial charge in [0.15, 0.2) is 0 Å². The number of halogens is 1. The van der Waals surface area contributed by atoms with Crippen LogP contribution >= 0.6 is 0 Å². The van der Waals surface area contributed by atoms with Crippen LogP contribution in [0.1, 0.15) is 46.1 Å². The average molecular weight is 395 g/mol. The van der Waals surface area contributed by atoms with Crippen LogP contribution in [0.2, 0.25) is 0 Å². The maximum atomic E-state index is 13.1. The molecule has 3 nitrogen and oxygen atoms in total. The van der Waals surface area contributed by atoms with Crippen molar-refractivity contribution in [2.24, 2.45) is 22.7 Å². The molecule has 0 bridgehead atoms. The fourth-order valence-electron chi connectivity index (χ4n) is 3.49. The molecule has 2 aromatic rings. The molecule has 0 saturated heterocycles. The van der Waals surface area contributed by atoms with Gasteiger partial charge in [-0.25, -0.2) is 9.38 Å². The van der Waals surface area contributed by atoms with Crippen LogP contribution in [-0.2, 0) is 11.2 Å². The molecule has 29 heavy (non-hydrogen) atoms. The van der Waals surface area contributed by atoms with Gasteiger partial charge < -0.3 is 5.32 Å². The fourth-order valence-corrected chi connectivity index (χ4v) is 3.49. The summed E-state index contributed by atoms with van der Waals surface area (Å²) in [4.78, 5) is 17.1. The molecular formula is C25H31FN2O. The average Bonchev–Trinajstić information content (AvgIpc) is 3.14. The normalized spacial score (nSPS) is 15.0. The summed E-state index contributed by atoms with van der Waals surface area (Å²) in [5.41, 5.74) is 4.36. The number of benzene rings is 2. The third kappa shape index (κ3) is 5.53. The number of nitrogens with zero attached hydrogens (tertiary/aromatic N) is 1. The molecule has 1 aliphatic heterocycles. The van der Waals surface area contributed by atoms with E-state index in [9.17, 15) is 9.18 Å². The Labute approximate surface area is 173 Å². The Morgan fingerprint density at radius 3 is 2.41 bits per heavy atom. The van der Waals surface area contributed by atoms with Crippen molar-refractivity contribution in [2.75, 3.05) is 6.54 Å². The SMILES string of the molecule is CC(C)C(C)CC[C@H](C)CNC(=O)C1=Nc2cc(-c3ccc(F)cc3)ccc2C1. The second-order valence-electron chi connectivity index (χ2n) is 8.70. The molecule has 154 valence electrons. The van der Waals surface area contributed by atoms with Gasteiger partial charge in [0.2, 0.25) is 0 Å². The maximum absolute atomic E-state index is 13.1. The summed E-state index contributed by atoms with van der Waals surface area (Å²) in [6.07, 6.45) is 2.87. The molecule has 2 aromatic carbocycles. The van der Waals surface area contributed by atoms with E-state index in [-0.39, 0.29) is 11.7 Å². The molecule has 0 saturated carbocycles. The van der Waals surface area contributed by atoms with Crippen LogP contribution in [0.3, 0.4) is 0 Å². The second-order valence-corrected chi connectivity index (χ2v) is 8.70. The molecule has 2 atom stereocenters. The topological polar surface area (TPSA) is 41.5 Å². The summed E-state index contributed by atoms with van der Waals surface area (Å²) >= 11 is 0. The standard InChI is InChI=1S/C25H31FN2O/c1-16(2)18(4)6-5-17(3)15-27-25(29)24-14-21-8-7-20(13-23(21)28-24)19-9-11-22(26)12-10-19/h7-13,16-18H,5-6,14-15H2,1-4H3,(H,27,29)/t17-,18?/m0/s1. The summed E-state index contributed by atoms with van der Waals surface area (Å²) in [6.45, 7) is 9.68. The lowest BCUT2D eigenvalue weighted by molar-refractivity contribution is -0.115. The van der Waals surface area contributed by atoms with E-state index in [4.69, 9.17) is 0 Å². The fraction of sp³-hybridized carbons (Fsp3) is 0.440. The summed E-state index contributed by atoms with van der Waals surface area (Å²) in [5.74, 6) is 1.53. The van der Waals surface area contributed by atoms with Crippen molar-refractivity contribution >= 4 is 17.3 Å². The third-order valence-corrected chi connectivity index (χ3v) is 6.00. The summed E-state index contributed by atoms with van der Waals surface area (Å²) in [5, 5.41) is 3.05. The molecule has 1 heterocycles. The molecular weight excluding hydrogens is 363 g/mol. The molecule has 0 radical (unpaired) electrons. The molecule has 0 fully saturated rings. The van der Waals surface area contributed by atoms with Crippen LogP contribution in [0.5, 0.6) is 0 Å². The zero-order chi connectivity index (χ0) is 21.0. The predicted octanol–water partition coefficient (Wildman–Crippen LogP) is 5.95. The monoisotopic (exact) mass is 394 g/mol. The van der Waals surface area contributed by atoms with Gasteiger partial charge in [0.1, 0.15) is 11.5 Å². The first-order valence-corrected chi connectivity index (χ1v) is 10.6. The van der Waals surface area contributed by atoms with Gasteiger partial charge in [-0.1, -0.05) is 58.4 Å². The number of fused-ring (bicyclic) bond motifs is 1. The molecule has 0 aliphatic carbocycles. The van der Waals surface area contributed by atoms with E-state index >= 15 is 0 Å². The number of aliphatic imine (C=N–C) groups is 1. The van der Waals surface area contributed by atoms with Crippen LogP contribution < -0.4 is 5.32 Å². The van der Waals surface area contributed by atoms with Gasteiger partial charge in [-0.2, -0.15) is 0 Å². The first-order valence-electron chi connectivity index (χ1n) is 10.6. The minimum Gasteiger partial charge on any atom is -0.351 e. The van der Waals surface area contributed by atoms with Crippen LogP contribution in [-0.4, -0.2) is 18.2 Å². The van der Waals surface area contributed by atoms with Gasteiger partial charge in [0.25, 0.3) is 5.91 Å². The Morgan fingerprint density at radius 1 is 1.03 bits per heavy atom. The summed E-state index contributed by atoms with van der Waals surface area (Å²) in [7, 11) is 0. The van der Waals surface area contributed by atoms with Crippen molar-refractivity contribution in [2.45, 2.75) is 47.0 Å². The Morgan fingerprint density at radius 2 is 1.72 bits per heavy atom. The number of nitrogens with one attached hydrogen (secondary N) is 1. The number of carbonyl (C=O) groups excluding carboxylic acids is 1. The van der Waals surface area contributed by atoms with Gasteiger partial charge in [0, 0.05) is 13.0 Å². The Bertz CT molecular complexity index is 886. The van der Waals surface area contributed by atoms with Gasteiger partial charge in [-0.3, -0.25) is 4.79 Å². The first kappa shape index (κ1) is 21.2. The number of amides is 1. The van der Waals surface area contributed by atoms with E-state index in [1.54, 1.807) is 12.1 Å². The number of carbonyl (C=O) groups is 1. The number of rotatable bonds is 8. The van der Waals surface area contributed by atoms with Crippen LogP contribution in [0.4, 0.5) is 10.1 Å². The van der Waals surface area contributed by atoms with Crippen molar-refractivity contribution in [1.29, 1.82) is 0 Å². The van der Waals surface area contributed by atoms with Gasteiger partial charge >= 0.3 is 0 Å². The van der Waals surface area contributed by atoms with Gasteiger partial charge in [0.05, 0.1) is 5.69 Å². The van der Waals surface area contributed by atoms with E-state index in [1.165, 1.54) is 18.6 Å². The molecule has 4 heteroatoms. The predicted molar refractivity (Wildman–Crippen MR) is 118 cm³/mol. The molecule has 1 N–H and O–H groups in total. The Balaban J connectivity index is 1.57. The van der Waals surface area contributed by atoms with Crippen molar-refractivity contribution in [1.82, 2.24) is 5.32 Å². The Hall–Kier alpha value is -2.49. The zero-order valence-electron chi connectivity index (χ0n) is 17.8. The second kappa shape index (κ2) is 9.34. The van der Waals surface area contributed by atoms with Gasteiger partial charge in [-0.05, 0) is 59.1 Å². The number of hydrogen-bond acceptors (Lipinski definition) is 2. The molecule has 0 aromatic heterocycles. The van der Waals surface area contributed by atoms with E-state index in [1.807, 2.05) is 18.2 Å². The molecule has 3 rings (SSSR count). The van der Waals surface area contributed by atoms with E-state index in [0.29, 0.717) is 36.4 Å². The largest absolute Gasteiger partial charge is 0.351 e. The number of hydrogen-bond donors (Lipinski definition) is 1. The van der Waals surface area contributed by atoms with Crippen LogP contribution in [0, 0.1) is 23.6 Å². The maximum Gasteiger partial charge on any atom is 0.266 e. The van der Waals surface area contributed by atoms with Crippen LogP contribution in [0.25, 0.3) is 11.1 Å². The van der Waals surface area contributed by atoms with Crippen molar-refractivity contribution in [3.05, 3.63) is 53.8 Å². The third-order valence-electron chi connectivity index (χ3n) is 6.00. The highest BCUT2D eigenvalue weighted by molar-refractivity contribution is 6.40. The molecule has 1 aliphatic rings. The van der Waals surface area contributed by atoms with Crippen molar-refractivity contribution < 1.29 is 9.18 Å². The van der Waals surface area contributed by atoms with E-state index in [0.717, 1.165) is 28.8 Å². The highest BCUT2D eigenvalue weighted by Gasteiger charge is 2.21. The van der Waals surface area contributed by atoms with E-state index in [2.05, 4.69) is 38.0 Å². The van der Waals surface area contributed by atoms with Crippen molar-refractivity contribution in [3.8, 4) is 11.1 Å². The summed E-state index contributed by atoms with van der Waals surface area (Å²) in [6, 6.07) is 12.4. The quantitative estimate of drug-likeness (QED) is 0.591. The highest BCUT2D eigenvalue weighted by atomic mass is 19.1. The minimum atomic E-state index is -0.250. The summed E-state index contributed by atoms with van der Waals surface area (Å²) < 4.78 is 13.1. The Kier molecular flexibility index (Phi) is 6.83. The zero-order valence-corrected chi connectivity index (χ0v) is 17.8. The lowest BCUT2D eigenvalue weighted by Crippen LogP contribution is -2.34. The van der Waals surface area contributed by atoms with Crippen LogP contribution in [0.15, 0.2) is 47.5 Å². The van der Waals surface area contributed by atoms with Gasteiger partial charge in [-0.15, -0.1) is 0 Å². The first-order chi connectivity index (χ1) is 13.8. The highest BCUT2D eigenvalue weighted by Crippen LogP contribution is 2.32. The smallest absolute Gasteiger partial charge is 0.266 e. The van der Waals surface area contributed by atoms with E-state index < -0.39 is 0 Å².